The Balaban J connectivity index is 1.60. The molecule has 0 fully saturated rings. The molecule has 6 heteroatoms. The van der Waals surface area contributed by atoms with Crippen molar-refractivity contribution in [2.45, 2.75) is 6.61 Å². The number of para-hydroxylation sites is 1. The number of nitrogens with one attached hydrogen (secondary N) is 1. The average Bonchev–Trinajstić information content (AvgIpc) is 2.99. The molecule has 0 aliphatic heterocycles. The summed E-state index contributed by atoms with van der Waals surface area (Å²) in [6.07, 6.45) is 1.78. The summed E-state index contributed by atoms with van der Waals surface area (Å²) < 4.78 is 8.31. The smallest absolute Gasteiger partial charge is 0.256 e. The van der Waals surface area contributed by atoms with Gasteiger partial charge in [-0.3, -0.25) is 9.48 Å². The number of benzene rings is 2. The van der Waals surface area contributed by atoms with E-state index in [-0.39, 0.29) is 5.91 Å². The zero-order valence-corrected chi connectivity index (χ0v) is 14.7. The van der Waals surface area contributed by atoms with Crippen molar-refractivity contribution < 1.29 is 9.53 Å². The molecule has 0 spiro atoms. The van der Waals surface area contributed by atoms with Crippen molar-refractivity contribution in [1.29, 1.82) is 0 Å². The van der Waals surface area contributed by atoms with Crippen molar-refractivity contribution in [3.63, 3.8) is 0 Å². The van der Waals surface area contributed by atoms with Gasteiger partial charge in [0.05, 0.1) is 4.47 Å². The van der Waals surface area contributed by atoms with Crippen LogP contribution in [0.4, 0.5) is 5.82 Å². The second-order valence-corrected chi connectivity index (χ2v) is 6.10. The van der Waals surface area contributed by atoms with Crippen molar-refractivity contribution >= 4 is 27.7 Å². The summed E-state index contributed by atoms with van der Waals surface area (Å²) in [5.41, 5.74) is 1.56. The van der Waals surface area contributed by atoms with E-state index in [0.717, 1.165) is 15.8 Å². The molecule has 0 saturated carbocycles. The Kier molecular flexibility index (Phi) is 4.96. The summed E-state index contributed by atoms with van der Waals surface area (Å²) >= 11 is 3.45. The van der Waals surface area contributed by atoms with Crippen molar-refractivity contribution in [1.82, 2.24) is 9.78 Å². The largest absolute Gasteiger partial charge is 0.488 e. The van der Waals surface area contributed by atoms with Gasteiger partial charge in [0, 0.05) is 24.9 Å². The molecule has 0 atom stereocenters. The van der Waals surface area contributed by atoms with Crippen LogP contribution in [-0.4, -0.2) is 15.7 Å². The maximum atomic E-state index is 12.2. The molecule has 0 saturated heterocycles. The fraction of sp³-hybridized carbons (Fsp3) is 0.111. The van der Waals surface area contributed by atoms with E-state index < -0.39 is 0 Å². The molecule has 122 valence electrons. The predicted molar refractivity (Wildman–Crippen MR) is 96.1 cm³/mol. The lowest BCUT2D eigenvalue weighted by atomic mass is 10.1. The zero-order chi connectivity index (χ0) is 16.9. The average molecular weight is 386 g/mol. The standard InChI is InChI=1S/C18H16BrN3O2/c1-22-11-10-17(21-22)20-18(23)14-8-6-13(7-9-14)12-24-16-5-3-2-4-15(16)19/h2-11H,12H2,1H3,(H,20,21,23). The molecule has 1 aromatic heterocycles. The number of carbonyl (C=O) groups is 1. The monoisotopic (exact) mass is 385 g/mol. The molecule has 0 radical (unpaired) electrons. The highest BCUT2D eigenvalue weighted by Crippen LogP contribution is 2.24. The summed E-state index contributed by atoms with van der Waals surface area (Å²) in [5, 5.41) is 6.88. The van der Waals surface area contributed by atoms with E-state index in [1.165, 1.54) is 0 Å². The third-order valence-corrected chi connectivity index (χ3v) is 4.06. The van der Waals surface area contributed by atoms with Crippen LogP contribution in [-0.2, 0) is 13.7 Å². The summed E-state index contributed by atoms with van der Waals surface area (Å²) in [4.78, 5) is 12.2. The van der Waals surface area contributed by atoms with E-state index >= 15 is 0 Å². The van der Waals surface area contributed by atoms with Gasteiger partial charge >= 0.3 is 0 Å². The number of aryl methyl sites for hydroxylation is 1. The number of rotatable bonds is 5. The van der Waals surface area contributed by atoms with E-state index in [0.29, 0.717) is 18.0 Å². The highest BCUT2D eigenvalue weighted by Gasteiger charge is 2.08. The summed E-state index contributed by atoms with van der Waals surface area (Å²) in [6, 6.07) is 16.7. The Morgan fingerprint density at radius 3 is 2.58 bits per heavy atom. The highest BCUT2D eigenvalue weighted by molar-refractivity contribution is 9.10. The van der Waals surface area contributed by atoms with E-state index in [1.807, 2.05) is 36.4 Å². The normalized spacial score (nSPS) is 10.4. The van der Waals surface area contributed by atoms with Crippen molar-refractivity contribution in [3.8, 4) is 5.75 Å². The second kappa shape index (κ2) is 7.31. The van der Waals surface area contributed by atoms with Gasteiger partial charge in [-0.15, -0.1) is 0 Å². The first-order chi connectivity index (χ1) is 11.6. The predicted octanol–water partition coefficient (Wildman–Crippen LogP) is 4.01. The van der Waals surface area contributed by atoms with Gasteiger partial charge in [-0.05, 0) is 45.8 Å². The third-order valence-electron chi connectivity index (χ3n) is 3.40. The molecule has 24 heavy (non-hydrogen) atoms. The van der Waals surface area contributed by atoms with Gasteiger partial charge in [-0.1, -0.05) is 24.3 Å². The SMILES string of the molecule is Cn1ccc(NC(=O)c2ccc(COc3ccccc3Br)cc2)n1. The highest BCUT2D eigenvalue weighted by atomic mass is 79.9. The number of aromatic nitrogens is 2. The molecule has 1 amide bonds. The lowest BCUT2D eigenvalue weighted by molar-refractivity contribution is 0.102. The Morgan fingerprint density at radius 2 is 1.92 bits per heavy atom. The second-order valence-electron chi connectivity index (χ2n) is 5.24. The third kappa shape index (κ3) is 4.02. The van der Waals surface area contributed by atoms with Gasteiger partial charge < -0.3 is 10.1 Å². The fourth-order valence-corrected chi connectivity index (χ4v) is 2.54. The molecular weight excluding hydrogens is 370 g/mol. The molecule has 3 rings (SSSR count). The summed E-state index contributed by atoms with van der Waals surface area (Å²) in [7, 11) is 1.80. The Morgan fingerprint density at radius 1 is 1.17 bits per heavy atom. The molecule has 1 N–H and O–H groups in total. The number of anilines is 1. The van der Waals surface area contributed by atoms with Crippen LogP contribution in [0.5, 0.6) is 5.75 Å². The lowest BCUT2D eigenvalue weighted by Crippen LogP contribution is -2.12. The fourth-order valence-electron chi connectivity index (χ4n) is 2.15. The molecule has 5 nitrogen and oxygen atoms in total. The minimum atomic E-state index is -0.188. The van der Waals surface area contributed by atoms with Crippen molar-refractivity contribution in [3.05, 3.63) is 76.4 Å². The lowest BCUT2D eigenvalue weighted by Gasteiger charge is -2.08. The molecule has 0 bridgehead atoms. The quantitative estimate of drug-likeness (QED) is 0.721. The Labute approximate surface area is 148 Å². The molecular formula is C18H16BrN3O2. The van der Waals surface area contributed by atoms with Crippen LogP contribution in [0, 0.1) is 0 Å². The maximum Gasteiger partial charge on any atom is 0.256 e. The number of hydrogen-bond acceptors (Lipinski definition) is 3. The maximum absolute atomic E-state index is 12.2. The van der Waals surface area contributed by atoms with Crippen molar-refractivity contribution in [2.24, 2.45) is 7.05 Å². The number of carbonyl (C=O) groups excluding carboxylic acids is 1. The first-order valence-electron chi connectivity index (χ1n) is 7.39. The summed E-state index contributed by atoms with van der Waals surface area (Å²) in [6.45, 7) is 0.435. The van der Waals surface area contributed by atoms with E-state index in [9.17, 15) is 4.79 Å². The minimum absolute atomic E-state index is 0.188. The zero-order valence-electron chi connectivity index (χ0n) is 13.1. The van der Waals surface area contributed by atoms with Crippen LogP contribution in [0.15, 0.2) is 65.3 Å². The Bertz CT molecular complexity index is 843. The number of amides is 1. The first-order valence-corrected chi connectivity index (χ1v) is 8.18. The van der Waals surface area contributed by atoms with E-state index in [1.54, 1.807) is 36.1 Å². The van der Waals surface area contributed by atoms with Gasteiger partial charge in [0.2, 0.25) is 0 Å². The molecule has 0 aliphatic rings. The van der Waals surface area contributed by atoms with Crippen LogP contribution in [0.2, 0.25) is 0 Å². The van der Waals surface area contributed by atoms with Crippen LogP contribution in [0.3, 0.4) is 0 Å². The number of halogens is 1. The Hall–Kier alpha value is -2.60. The van der Waals surface area contributed by atoms with Gasteiger partial charge in [0.25, 0.3) is 5.91 Å². The number of nitrogens with zero attached hydrogens (tertiary/aromatic N) is 2. The van der Waals surface area contributed by atoms with Gasteiger partial charge in [-0.2, -0.15) is 5.10 Å². The molecule has 0 aliphatic carbocycles. The van der Waals surface area contributed by atoms with Crippen molar-refractivity contribution in [2.75, 3.05) is 5.32 Å². The van der Waals surface area contributed by atoms with Crippen LogP contribution < -0.4 is 10.1 Å². The minimum Gasteiger partial charge on any atom is -0.488 e. The molecule has 0 unspecified atom stereocenters. The van der Waals surface area contributed by atoms with Gasteiger partial charge in [-0.25, -0.2) is 0 Å². The first kappa shape index (κ1) is 16.3. The van der Waals surface area contributed by atoms with Crippen LogP contribution in [0.1, 0.15) is 15.9 Å². The molecule has 1 heterocycles. The molecule has 2 aromatic carbocycles. The summed E-state index contributed by atoms with van der Waals surface area (Å²) in [5.74, 6) is 1.13. The topological polar surface area (TPSA) is 56.2 Å². The number of hydrogen-bond donors (Lipinski definition) is 1. The molecule has 3 aromatic rings. The van der Waals surface area contributed by atoms with E-state index in [2.05, 4.69) is 26.3 Å². The van der Waals surface area contributed by atoms with Gasteiger partial charge in [0.1, 0.15) is 12.4 Å². The van der Waals surface area contributed by atoms with E-state index in [4.69, 9.17) is 4.74 Å². The van der Waals surface area contributed by atoms with Crippen LogP contribution in [0.25, 0.3) is 0 Å². The van der Waals surface area contributed by atoms with Crippen LogP contribution >= 0.6 is 15.9 Å². The van der Waals surface area contributed by atoms with Gasteiger partial charge in [0.15, 0.2) is 5.82 Å². The number of ether oxygens (including phenoxy) is 1.